The van der Waals surface area contributed by atoms with E-state index in [2.05, 4.69) is 48.0 Å². The Kier molecular flexibility index (Phi) is 6.71. The molecule has 0 radical (unpaired) electrons. The number of anilines is 1. The maximum atomic E-state index is 10.8. The number of fused-ring (bicyclic) bond motifs is 1. The van der Waals surface area contributed by atoms with E-state index < -0.39 is 0 Å². The van der Waals surface area contributed by atoms with Gasteiger partial charge in [0.15, 0.2) is 0 Å². The number of nitrogens with one attached hydrogen (secondary N) is 3. The van der Waals surface area contributed by atoms with Crippen molar-refractivity contribution >= 4 is 11.6 Å². The van der Waals surface area contributed by atoms with Crippen molar-refractivity contribution in [2.75, 3.05) is 25.0 Å². The Morgan fingerprint density at radius 1 is 1.43 bits per heavy atom. The van der Waals surface area contributed by atoms with Gasteiger partial charge < -0.3 is 20.7 Å². The van der Waals surface area contributed by atoms with Gasteiger partial charge in [-0.05, 0) is 50.4 Å². The van der Waals surface area contributed by atoms with Gasteiger partial charge in [-0.25, -0.2) is 0 Å². The van der Waals surface area contributed by atoms with E-state index in [1.807, 2.05) is 0 Å². The van der Waals surface area contributed by atoms with Crippen LogP contribution in [0.1, 0.15) is 39.2 Å². The Labute approximate surface area is 139 Å². The molecule has 0 aliphatic carbocycles. The Hall–Kier alpha value is -1.75. The van der Waals surface area contributed by atoms with Crippen molar-refractivity contribution in [1.82, 2.24) is 10.6 Å². The lowest BCUT2D eigenvalue weighted by molar-refractivity contribution is -0.118. The number of carbonyl (C=O) groups excluding carboxylic acids is 1. The lowest BCUT2D eigenvalue weighted by Gasteiger charge is -2.27. The van der Waals surface area contributed by atoms with Crippen LogP contribution in [0.2, 0.25) is 0 Å². The van der Waals surface area contributed by atoms with Crippen LogP contribution in [0, 0.1) is 0 Å². The molecule has 0 aromatic heterocycles. The van der Waals surface area contributed by atoms with Crippen molar-refractivity contribution in [3.05, 3.63) is 23.8 Å². The highest BCUT2D eigenvalue weighted by molar-refractivity contribution is 5.72. The number of hydrogen-bond acceptors (Lipinski definition) is 4. The van der Waals surface area contributed by atoms with Crippen LogP contribution in [0.4, 0.5) is 5.69 Å². The molecule has 1 aromatic rings. The molecule has 0 spiro atoms. The van der Waals surface area contributed by atoms with E-state index in [4.69, 9.17) is 4.74 Å². The summed E-state index contributed by atoms with van der Waals surface area (Å²) in [5, 5.41) is 9.77. The minimum Gasteiger partial charge on any atom is -0.486 e. The van der Waals surface area contributed by atoms with Gasteiger partial charge in [-0.15, -0.1) is 0 Å². The largest absolute Gasteiger partial charge is 0.486 e. The van der Waals surface area contributed by atoms with Crippen LogP contribution in [-0.2, 0) is 11.2 Å². The summed E-state index contributed by atoms with van der Waals surface area (Å²) in [7, 11) is 0. The fourth-order valence-corrected chi connectivity index (χ4v) is 2.74. The Morgan fingerprint density at radius 2 is 2.26 bits per heavy atom. The summed E-state index contributed by atoms with van der Waals surface area (Å²) in [6.07, 6.45) is 3.22. The lowest BCUT2D eigenvalue weighted by atomic mass is 10.0. The van der Waals surface area contributed by atoms with Gasteiger partial charge in [-0.1, -0.05) is 13.0 Å². The van der Waals surface area contributed by atoms with Crippen LogP contribution in [-0.4, -0.2) is 37.7 Å². The van der Waals surface area contributed by atoms with Gasteiger partial charge in [0.1, 0.15) is 11.9 Å². The van der Waals surface area contributed by atoms with Crippen LogP contribution >= 0.6 is 0 Å². The average Bonchev–Trinajstić information content (AvgIpc) is 2.53. The van der Waals surface area contributed by atoms with Crippen molar-refractivity contribution in [2.24, 2.45) is 0 Å². The third-order valence-electron chi connectivity index (χ3n) is 4.08. The van der Waals surface area contributed by atoms with Crippen LogP contribution in [0.25, 0.3) is 0 Å². The monoisotopic (exact) mass is 319 g/mol. The van der Waals surface area contributed by atoms with Crippen molar-refractivity contribution in [3.8, 4) is 5.75 Å². The van der Waals surface area contributed by atoms with Crippen molar-refractivity contribution < 1.29 is 9.53 Å². The zero-order valence-corrected chi connectivity index (χ0v) is 14.4. The molecule has 0 saturated carbocycles. The molecule has 2 atom stereocenters. The van der Waals surface area contributed by atoms with E-state index in [1.54, 1.807) is 6.92 Å². The Morgan fingerprint density at radius 3 is 3.00 bits per heavy atom. The fourth-order valence-electron chi connectivity index (χ4n) is 2.74. The highest BCUT2D eigenvalue weighted by atomic mass is 16.5. The zero-order chi connectivity index (χ0) is 16.7. The summed E-state index contributed by atoms with van der Waals surface area (Å²) in [6.45, 7) is 8.40. The SMILES string of the molecule is CCC1CNc2cc(CC(C)NCCCNC(C)=O)ccc2O1. The molecule has 0 saturated heterocycles. The van der Waals surface area contributed by atoms with Crippen LogP contribution in [0.15, 0.2) is 18.2 Å². The molecule has 1 aliphatic rings. The maximum Gasteiger partial charge on any atom is 0.216 e. The molecule has 0 bridgehead atoms. The predicted octanol–water partition coefficient (Wildman–Crippen LogP) is 2.32. The standard InChI is InChI=1S/C18H29N3O2/c1-4-16-12-21-17-11-15(6-7-18(17)23-16)10-13(2)19-8-5-9-20-14(3)22/h6-7,11,13,16,19,21H,4-5,8-10,12H2,1-3H3,(H,20,22). The van der Waals surface area contributed by atoms with Crippen molar-refractivity contribution in [2.45, 2.75) is 52.2 Å². The molecular weight excluding hydrogens is 290 g/mol. The molecule has 1 heterocycles. The number of amides is 1. The maximum absolute atomic E-state index is 10.8. The first-order valence-electron chi connectivity index (χ1n) is 8.59. The molecule has 5 nitrogen and oxygen atoms in total. The van der Waals surface area contributed by atoms with E-state index in [0.29, 0.717) is 6.04 Å². The number of carbonyl (C=O) groups is 1. The average molecular weight is 319 g/mol. The summed E-state index contributed by atoms with van der Waals surface area (Å²) in [4.78, 5) is 10.8. The van der Waals surface area contributed by atoms with E-state index in [0.717, 1.165) is 50.3 Å². The highest BCUT2D eigenvalue weighted by Gasteiger charge is 2.18. The highest BCUT2D eigenvalue weighted by Crippen LogP contribution is 2.30. The van der Waals surface area contributed by atoms with Crippen LogP contribution < -0.4 is 20.7 Å². The van der Waals surface area contributed by atoms with E-state index in [-0.39, 0.29) is 12.0 Å². The molecule has 2 rings (SSSR count). The number of hydrogen-bond donors (Lipinski definition) is 3. The molecule has 1 aliphatic heterocycles. The van der Waals surface area contributed by atoms with Crippen LogP contribution in [0.3, 0.4) is 0 Å². The van der Waals surface area contributed by atoms with E-state index >= 15 is 0 Å². The third-order valence-corrected chi connectivity index (χ3v) is 4.08. The predicted molar refractivity (Wildman–Crippen MR) is 94.1 cm³/mol. The molecule has 5 heteroatoms. The van der Waals surface area contributed by atoms with Crippen LogP contribution in [0.5, 0.6) is 5.75 Å². The molecule has 1 aromatic carbocycles. The molecule has 3 N–H and O–H groups in total. The second-order valence-electron chi connectivity index (χ2n) is 6.26. The summed E-state index contributed by atoms with van der Waals surface area (Å²) in [6, 6.07) is 6.81. The van der Waals surface area contributed by atoms with Gasteiger partial charge in [0.2, 0.25) is 5.91 Å². The topological polar surface area (TPSA) is 62.4 Å². The third kappa shape index (κ3) is 5.75. The smallest absolute Gasteiger partial charge is 0.216 e. The van der Waals surface area contributed by atoms with E-state index in [1.165, 1.54) is 5.56 Å². The number of rotatable bonds is 8. The van der Waals surface area contributed by atoms with Gasteiger partial charge >= 0.3 is 0 Å². The van der Waals surface area contributed by atoms with Gasteiger partial charge in [0.05, 0.1) is 12.2 Å². The molecule has 0 fully saturated rings. The molecule has 23 heavy (non-hydrogen) atoms. The summed E-state index contributed by atoms with van der Waals surface area (Å²) >= 11 is 0. The normalized spacial score (nSPS) is 17.6. The summed E-state index contributed by atoms with van der Waals surface area (Å²) in [5.74, 6) is 0.995. The summed E-state index contributed by atoms with van der Waals surface area (Å²) in [5.41, 5.74) is 2.40. The minimum absolute atomic E-state index is 0.0344. The van der Waals surface area contributed by atoms with Gasteiger partial charge in [-0.2, -0.15) is 0 Å². The Bertz CT molecular complexity index is 519. The van der Waals surface area contributed by atoms with E-state index in [9.17, 15) is 4.79 Å². The minimum atomic E-state index is 0.0344. The summed E-state index contributed by atoms with van der Waals surface area (Å²) < 4.78 is 5.94. The Balaban J connectivity index is 1.76. The second kappa shape index (κ2) is 8.77. The lowest BCUT2D eigenvalue weighted by Crippen LogP contribution is -2.32. The first-order valence-corrected chi connectivity index (χ1v) is 8.59. The molecule has 128 valence electrons. The first kappa shape index (κ1) is 17.6. The zero-order valence-electron chi connectivity index (χ0n) is 14.4. The fraction of sp³-hybridized carbons (Fsp3) is 0.611. The van der Waals surface area contributed by atoms with Crippen molar-refractivity contribution in [3.63, 3.8) is 0 Å². The second-order valence-corrected chi connectivity index (χ2v) is 6.26. The van der Waals surface area contributed by atoms with Gasteiger partial charge in [-0.3, -0.25) is 4.79 Å². The first-order chi connectivity index (χ1) is 11.1. The number of benzene rings is 1. The quantitative estimate of drug-likeness (QED) is 0.644. The van der Waals surface area contributed by atoms with Crippen molar-refractivity contribution in [1.29, 1.82) is 0 Å². The molecular formula is C18H29N3O2. The molecule has 1 amide bonds. The van der Waals surface area contributed by atoms with Gasteiger partial charge in [0.25, 0.3) is 0 Å². The van der Waals surface area contributed by atoms with Gasteiger partial charge in [0, 0.05) is 19.5 Å². The molecule has 2 unspecified atom stereocenters. The number of ether oxygens (including phenoxy) is 1.